The molecule has 0 spiro atoms. The zero-order valence-electron chi connectivity index (χ0n) is 18.2. The Morgan fingerprint density at radius 3 is 2.50 bits per heavy atom. The molecule has 0 aliphatic carbocycles. The van der Waals surface area contributed by atoms with Gasteiger partial charge < -0.3 is 26.7 Å². The molecule has 11 heteroatoms. The second-order valence-corrected chi connectivity index (χ2v) is 8.44. The number of amides is 2. The standard InChI is InChI=1S/C23H22FN7O2S/c1-13-8-21(34-30-13)29-18-11-19(17(24)10-16(18)22(25)32)28-20(23(26)33)9-14-2-4-15(5-3-14)31-7-6-27-12-31/h2-8,10-12,20,28-29H,9H2,1H3,(H2,25,32)(H2,26,33)/t20-/m1/s1. The number of carbonyl (C=O) groups excluding carboxylic acids is 2. The summed E-state index contributed by atoms with van der Waals surface area (Å²) in [6.07, 6.45) is 5.41. The van der Waals surface area contributed by atoms with Crippen molar-refractivity contribution in [2.45, 2.75) is 19.4 Å². The Kier molecular flexibility index (Phi) is 6.55. The molecule has 9 nitrogen and oxygen atoms in total. The van der Waals surface area contributed by atoms with E-state index in [1.54, 1.807) is 18.6 Å². The van der Waals surface area contributed by atoms with Crippen molar-refractivity contribution in [2.24, 2.45) is 11.5 Å². The van der Waals surface area contributed by atoms with E-state index in [0.29, 0.717) is 5.00 Å². The second kappa shape index (κ2) is 9.71. The van der Waals surface area contributed by atoms with Crippen LogP contribution in [0.25, 0.3) is 5.69 Å². The summed E-state index contributed by atoms with van der Waals surface area (Å²) in [5.41, 5.74) is 13.8. The molecule has 0 aliphatic rings. The summed E-state index contributed by atoms with van der Waals surface area (Å²) in [4.78, 5) is 28.0. The number of hydrogen-bond acceptors (Lipinski definition) is 7. The van der Waals surface area contributed by atoms with Crippen LogP contribution in [0, 0.1) is 12.7 Å². The molecule has 2 aromatic heterocycles. The molecular formula is C23H22FN7O2S. The normalized spacial score (nSPS) is 11.7. The van der Waals surface area contributed by atoms with Gasteiger partial charge in [0.25, 0.3) is 5.91 Å². The fraction of sp³-hybridized carbons (Fsp3) is 0.130. The minimum Gasteiger partial charge on any atom is -0.371 e. The van der Waals surface area contributed by atoms with Gasteiger partial charge in [-0.25, -0.2) is 9.37 Å². The van der Waals surface area contributed by atoms with Gasteiger partial charge in [-0.15, -0.1) is 0 Å². The van der Waals surface area contributed by atoms with Crippen molar-refractivity contribution in [1.29, 1.82) is 0 Å². The van der Waals surface area contributed by atoms with E-state index in [9.17, 15) is 14.0 Å². The Morgan fingerprint density at radius 2 is 1.91 bits per heavy atom. The fourth-order valence-electron chi connectivity index (χ4n) is 3.41. The number of halogens is 1. The van der Waals surface area contributed by atoms with Crippen LogP contribution >= 0.6 is 11.5 Å². The van der Waals surface area contributed by atoms with Gasteiger partial charge in [-0.1, -0.05) is 12.1 Å². The molecule has 2 amide bonds. The Bertz CT molecular complexity index is 1320. The van der Waals surface area contributed by atoms with Crippen molar-refractivity contribution in [1.82, 2.24) is 13.9 Å². The molecule has 4 rings (SSSR count). The number of imidazole rings is 1. The molecule has 4 aromatic rings. The average Bonchev–Trinajstić information content (AvgIpc) is 3.47. The highest BCUT2D eigenvalue weighted by molar-refractivity contribution is 7.10. The molecule has 0 radical (unpaired) electrons. The Labute approximate surface area is 198 Å². The Hall–Kier alpha value is -4.25. The largest absolute Gasteiger partial charge is 0.371 e. The predicted molar refractivity (Wildman–Crippen MR) is 129 cm³/mol. The number of benzene rings is 2. The van der Waals surface area contributed by atoms with Crippen LogP contribution in [-0.4, -0.2) is 31.8 Å². The summed E-state index contributed by atoms with van der Waals surface area (Å²) in [5.74, 6) is -2.18. The van der Waals surface area contributed by atoms with Crippen molar-refractivity contribution in [2.75, 3.05) is 10.6 Å². The number of rotatable bonds is 9. The second-order valence-electron chi connectivity index (χ2n) is 7.64. The van der Waals surface area contributed by atoms with Gasteiger partial charge in [-0.05, 0) is 54.4 Å². The molecule has 2 heterocycles. The number of primary amides is 2. The molecule has 0 bridgehead atoms. The van der Waals surface area contributed by atoms with Crippen LogP contribution in [-0.2, 0) is 11.2 Å². The van der Waals surface area contributed by atoms with Crippen LogP contribution in [0.15, 0.2) is 61.2 Å². The van der Waals surface area contributed by atoms with Gasteiger partial charge in [0.2, 0.25) is 5.91 Å². The molecule has 0 saturated heterocycles. The third-order valence-electron chi connectivity index (χ3n) is 5.11. The fourth-order valence-corrected chi connectivity index (χ4v) is 4.08. The van der Waals surface area contributed by atoms with E-state index in [-0.39, 0.29) is 23.4 Å². The summed E-state index contributed by atoms with van der Waals surface area (Å²) in [7, 11) is 0. The highest BCUT2D eigenvalue weighted by atomic mass is 32.1. The van der Waals surface area contributed by atoms with E-state index in [2.05, 4.69) is 20.0 Å². The Balaban J connectivity index is 1.57. The highest BCUT2D eigenvalue weighted by Gasteiger charge is 2.21. The first-order valence-corrected chi connectivity index (χ1v) is 11.0. The number of anilines is 3. The van der Waals surface area contributed by atoms with E-state index in [1.807, 2.05) is 42.0 Å². The quantitative estimate of drug-likeness (QED) is 0.291. The lowest BCUT2D eigenvalue weighted by atomic mass is 10.0. The monoisotopic (exact) mass is 479 g/mol. The van der Waals surface area contributed by atoms with Gasteiger partial charge >= 0.3 is 0 Å². The van der Waals surface area contributed by atoms with Gasteiger partial charge in [0, 0.05) is 24.5 Å². The van der Waals surface area contributed by atoms with E-state index in [4.69, 9.17) is 11.5 Å². The van der Waals surface area contributed by atoms with Crippen molar-refractivity contribution in [3.63, 3.8) is 0 Å². The molecule has 34 heavy (non-hydrogen) atoms. The van der Waals surface area contributed by atoms with Gasteiger partial charge in [0.05, 0.1) is 29.0 Å². The van der Waals surface area contributed by atoms with Gasteiger partial charge in [0.1, 0.15) is 16.9 Å². The smallest absolute Gasteiger partial charge is 0.250 e. The number of nitrogens with two attached hydrogens (primary N) is 2. The summed E-state index contributed by atoms with van der Waals surface area (Å²) in [6.45, 7) is 1.83. The van der Waals surface area contributed by atoms with Crippen molar-refractivity contribution in [3.05, 3.63) is 83.8 Å². The zero-order valence-corrected chi connectivity index (χ0v) is 19.0. The molecule has 0 fully saturated rings. The molecule has 0 saturated carbocycles. The minimum atomic E-state index is -0.897. The summed E-state index contributed by atoms with van der Waals surface area (Å²) in [5, 5.41) is 6.56. The molecule has 6 N–H and O–H groups in total. The van der Waals surface area contributed by atoms with Crippen LogP contribution in [0.4, 0.5) is 20.8 Å². The first-order valence-electron chi connectivity index (χ1n) is 10.3. The lowest BCUT2D eigenvalue weighted by Gasteiger charge is -2.19. The number of nitrogens with zero attached hydrogens (tertiary/aromatic N) is 3. The summed E-state index contributed by atoms with van der Waals surface area (Å²) in [6, 6.07) is 10.8. The maximum Gasteiger partial charge on any atom is 0.250 e. The van der Waals surface area contributed by atoms with Crippen LogP contribution < -0.4 is 22.1 Å². The predicted octanol–water partition coefficient (Wildman–Crippen LogP) is 3.13. The number of hydrogen-bond donors (Lipinski definition) is 4. The molecule has 2 aromatic carbocycles. The molecule has 0 unspecified atom stereocenters. The van der Waals surface area contributed by atoms with Crippen molar-refractivity contribution >= 4 is 39.7 Å². The van der Waals surface area contributed by atoms with E-state index in [0.717, 1.165) is 23.0 Å². The maximum absolute atomic E-state index is 14.8. The van der Waals surface area contributed by atoms with Crippen molar-refractivity contribution in [3.8, 4) is 5.69 Å². The number of aryl methyl sites for hydroxylation is 1. The first kappa shape index (κ1) is 22.9. The molecule has 1 atom stereocenters. The molecule has 0 aliphatic heterocycles. The maximum atomic E-state index is 14.8. The lowest BCUT2D eigenvalue weighted by Crippen LogP contribution is -2.37. The molecular weight excluding hydrogens is 457 g/mol. The summed E-state index contributed by atoms with van der Waals surface area (Å²) < 4.78 is 20.9. The lowest BCUT2D eigenvalue weighted by molar-refractivity contribution is -0.118. The number of nitrogens with one attached hydrogen (secondary N) is 2. The highest BCUT2D eigenvalue weighted by Crippen LogP contribution is 2.30. The van der Waals surface area contributed by atoms with Gasteiger partial charge in [-0.2, -0.15) is 4.37 Å². The van der Waals surface area contributed by atoms with E-state index >= 15 is 0 Å². The molecule has 174 valence electrons. The van der Waals surface area contributed by atoms with Crippen LogP contribution in [0.5, 0.6) is 0 Å². The number of aromatic nitrogens is 3. The first-order chi connectivity index (χ1) is 16.3. The summed E-state index contributed by atoms with van der Waals surface area (Å²) >= 11 is 1.19. The minimum absolute atomic E-state index is 0.00701. The van der Waals surface area contributed by atoms with Crippen LogP contribution in [0.2, 0.25) is 0 Å². The zero-order chi connectivity index (χ0) is 24.2. The van der Waals surface area contributed by atoms with Gasteiger partial charge in [-0.3, -0.25) is 9.59 Å². The van der Waals surface area contributed by atoms with Crippen LogP contribution in [0.1, 0.15) is 21.6 Å². The SMILES string of the molecule is Cc1cc(Nc2cc(N[C@H](Cc3ccc(-n4ccnc4)cc3)C(N)=O)c(F)cc2C(N)=O)sn1. The third kappa shape index (κ3) is 5.21. The van der Waals surface area contributed by atoms with Crippen molar-refractivity contribution < 1.29 is 14.0 Å². The average molecular weight is 480 g/mol. The van der Waals surface area contributed by atoms with Crippen LogP contribution in [0.3, 0.4) is 0 Å². The Morgan fingerprint density at radius 1 is 1.15 bits per heavy atom. The van der Waals surface area contributed by atoms with E-state index < -0.39 is 23.7 Å². The number of carbonyl (C=O) groups is 2. The van der Waals surface area contributed by atoms with E-state index in [1.165, 1.54) is 17.6 Å². The van der Waals surface area contributed by atoms with Gasteiger partial charge in [0.15, 0.2) is 0 Å². The topological polar surface area (TPSA) is 141 Å². The third-order valence-corrected chi connectivity index (χ3v) is 5.91.